The van der Waals surface area contributed by atoms with Gasteiger partial charge in [-0.3, -0.25) is 20.0 Å². The van der Waals surface area contributed by atoms with Gasteiger partial charge in [0, 0.05) is 29.4 Å². The number of aromatic nitrogens is 2. The molecule has 0 fully saturated rings. The van der Waals surface area contributed by atoms with Crippen molar-refractivity contribution in [3.8, 4) is 11.3 Å². The normalized spacial score (nSPS) is 10.7. The van der Waals surface area contributed by atoms with Gasteiger partial charge in [0.1, 0.15) is 5.82 Å². The molecule has 3 N–H and O–H groups in total. The number of rotatable bonds is 5. The molecule has 4 aromatic rings. The van der Waals surface area contributed by atoms with E-state index in [2.05, 4.69) is 21.2 Å². The number of carbonyl (C=O) groups excluding carboxylic acids is 1. The van der Waals surface area contributed by atoms with Gasteiger partial charge in [0.25, 0.3) is 0 Å². The lowest BCUT2D eigenvalue weighted by molar-refractivity contribution is -0.121. The standard InChI is InChI=1S/C21H18FN5OS2/c22-16-8-6-15(7-9-16)18-12-27-17(13-30-21(27)24-18)10-19(28)25-26-20(29)23-11-14-4-2-1-3-5-14/h1-9,12-13H,10-11H2,(H,25,28)(H2,23,26,29). The number of hydrogen-bond acceptors (Lipinski definition) is 4. The summed E-state index contributed by atoms with van der Waals surface area (Å²) < 4.78 is 15.0. The molecule has 9 heteroatoms. The Kier molecular flexibility index (Phi) is 6.01. The number of nitrogens with one attached hydrogen (secondary N) is 3. The predicted octanol–water partition coefficient (Wildman–Crippen LogP) is 3.44. The van der Waals surface area contributed by atoms with Gasteiger partial charge in [-0.1, -0.05) is 30.3 Å². The predicted molar refractivity (Wildman–Crippen MR) is 119 cm³/mol. The van der Waals surface area contributed by atoms with E-state index in [0.29, 0.717) is 11.7 Å². The number of hydrogen-bond donors (Lipinski definition) is 3. The van der Waals surface area contributed by atoms with E-state index in [9.17, 15) is 9.18 Å². The number of benzene rings is 2. The Labute approximate surface area is 181 Å². The quantitative estimate of drug-likeness (QED) is 0.328. The van der Waals surface area contributed by atoms with Gasteiger partial charge in [-0.15, -0.1) is 11.3 Å². The minimum atomic E-state index is -0.291. The number of hydrazine groups is 1. The van der Waals surface area contributed by atoms with Gasteiger partial charge >= 0.3 is 0 Å². The molecule has 152 valence electrons. The minimum absolute atomic E-state index is 0.160. The summed E-state index contributed by atoms with van der Waals surface area (Å²) >= 11 is 6.63. The maximum atomic E-state index is 13.1. The lowest BCUT2D eigenvalue weighted by atomic mass is 10.2. The molecule has 0 saturated heterocycles. The fraction of sp³-hybridized carbons (Fsp3) is 0.0952. The molecule has 0 aliphatic rings. The van der Waals surface area contributed by atoms with E-state index in [1.807, 2.05) is 46.3 Å². The molecule has 2 aromatic carbocycles. The van der Waals surface area contributed by atoms with Crippen LogP contribution in [0.3, 0.4) is 0 Å². The molecule has 2 heterocycles. The molecule has 1 amide bonds. The highest BCUT2D eigenvalue weighted by Gasteiger charge is 2.13. The van der Waals surface area contributed by atoms with Gasteiger partial charge in [-0.25, -0.2) is 9.37 Å². The molecule has 0 saturated carbocycles. The lowest BCUT2D eigenvalue weighted by Gasteiger charge is -2.11. The Morgan fingerprint density at radius 3 is 2.63 bits per heavy atom. The molecular formula is C21H18FN5OS2. The fourth-order valence-electron chi connectivity index (χ4n) is 2.87. The van der Waals surface area contributed by atoms with Crippen LogP contribution in [0.4, 0.5) is 4.39 Å². The van der Waals surface area contributed by atoms with Crippen molar-refractivity contribution in [2.24, 2.45) is 0 Å². The third-order valence-corrected chi connectivity index (χ3v) is 5.51. The number of thiazole rings is 1. The molecule has 4 rings (SSSR count). The zero-order valence-corrected chi connectivity index (χ0v) is 17.4. The molecule has 0 spiro atoms. The van der Waals surface area contributed by atoms with Gasteiger partial charge in [0.2, 0.25) is 5.91 Å². The molecule has 0 radical (unpaired) electrons. The highest BCUT2D eigenvalue weighted by atomic mass is 32.1. The van der Waals surface area contributed by atoms with Crippen LogP contribution >= 0.6 is 23.6 Å². The van der Waals surface area contributed by atoms with Gasteiger partial charge in [-0.2, -0.15) is 0 Å². The molecule has 6 nitrogen and oxygen atoms in total. The number of thiocarbonyl (C=S) groups is 1. The average Bonchev–Trinajstić information content (AvgIpc) is 3.34. The van der Waals surface area contributed by atoms with E-state index < -0.39 is 0 Å². The summed E-state index contributed by atoms with van der Waals surface area (Å²) in [6.07, 6.45) is 2.01. The van der Waals surface area contributed by atoms with E-state index in [-0.39, 0.29) is 18.1 Å². The summed E-state index contributed by atoms with van der Waals surface area (Å²) in [7, 11) is 0. The van der Waals surface area contributed by atoms with E-state index in [0.717, 1.165) is 27.5 Å². The average molecular weight is 440 g/mol. The van der Waals surface area contributed by atoms with E-state index in [1.165, 1.54) is 23.5 Å². The van der Waals surface area contributed by atoms with Crippen LogP contribution in [-0.2, 0) is 17.8 Å². The molecule has 0 aliphatic carbocycles. The van der Waals surface area contributed by atoms with Crippen LogP contribution in [0.2, 0.25) is 0 Å². The third-order valence-electron chi connectivity index (χ3n) is 4.38. The SMILES string of the molecule is O=C(Cc1csc2nc(-c3ccc(F)cc3)cn12)NNC(=S)NCc1ccccc1. The van der Waals surface area contributed by atoms with Crippen molar-refractivity contribution in [3.63, 3.8) is 0 Å². The molecule has 0 atom stereocenters. The van der Waals surface area contributed by atoms with Crippen LogP contribution in [-0.4, -0.2) is 20.4 Å². The summed E-state index contributed by atoms with van der Waals surface area (Å²) in [5.74, 6) is -0.517. The van der Waals surface area contributed by atoms with E-state index >= 15 is 0 Å². The number of halogens is 1. The fourth-order valence-corrected chi connectivity index (χ4v) is 3.87. The van der Waals surface area contributed by atoms with Crippen molar-refractivity contribution < 1.29 is 9.18 Å². The second-order valence-electron chi connectivity index (χ2n) is 6.53. The Bertz CT molecular complexity index is 1170. The zero-order chi connectivity index (χ0) is 20.9. The smallest absolute Gasteiger partial charge is 0.244 e. The Morgan fingerprint density at radius 1 is 1.10 bits per heavy atom. The van der Waals surface area contributed by atoms with E-state index in [4.69, 9.17) is 12.2 Å². The number of carbonyl (C=O) groups is 1. The van der Waals surface area contributed by atoms with Crippen LogP contribution in [0.15, 0.2) is 66.2 Å². The number of nitrogens with zero attached hydrogens (tertiary/aromatic N) is 2. The number of fused-ring (bicyclic) bond motifs is 1. The van der Waals surface area contributed by atoms with Crippen molar-refractivity contribution in [1.29, 1.82) is 0 Å². The lowest BCUT2D eigenvalue weighted by Crippen LogP contribution is -2.47. The minimum Gasteiger partial charge on any atom is -0.357 e. The Hall–Kier alpha value is -3.30. The monoisotopic (exact) mass is 439 g/mol. The maximum Gasteiger partial charge on any atom is 0.244 e. The maximum absolute atomic E-state index is 13.1. The molecule has 2 aromatic heterocycles. The molecule has 0 unspecified atom stereocenters. The first-order chi connectivity index (χ1) is 14.6. The first kappa shape index (κ1) is 20.0. The van der Waals surface area contributed by atoms with Gasteiger partial charge in [0.15, 0.2) is 10.1 Å². The summed E-state index contributed by atoms with van der Waals surface area (Å²) in [6, 6.07) is 16.0. The molecule has 0 bridgehead atoms. The summed E-state index contributed by atoms with van der Waals surface area (Å²) in [4.78, 5) is 17.6. The van der Waals surface area contributed by atoms with E-state index in [1.54, 1.807) is 12.1 Å². The highest BCUT2D eigenvalue weighted by Crippen LogP contribution is 2.24. The topological polar surface area (TPSA) is 70.5 Å². The van der Waals surface area contributed by atoms with Crippen LogP contribution in [0.1, 0.15) is 11.3 Å². The second kappa shape index (κ2) is 9.02. The summed E-state index contributed by atoms with van der Waals surface area (Å²) in [5, 5.41) is 5.26. The van der Waals surface area contributed by atoms with Gasteiger partial charge in [0.05, 0.1) is 12.1 Å². The van der Waals surface area contributed by atoms with Gasteiger partial charge in [-0.05, 0) is 42.0 Å². The molecule has 0 aliphatic heterocycles. The van der Waals surface area contributed by atoms with Crippen molar-refractivity contribution >= 4 is 39.5 Å². The van der Waals surface area contributed by atoms with Crippen LogP contribution in [0.5, 0.6) is 0 Å². The largest absolute Gasteiger partial charge is 0.357 e. The Balaban J connectivity index is 1.33. The van der Waals surface area contributed by atoms with Crippen LogP contribution in [0, 0.1) is 5.82 Å². The first-order valence-electron chi connectivity index (χ1n) is 9.16. The van der Waals surface area contributed by atoms with Crippen molar-refractivity contribution in [2.75, 3.05) is 0 Å². The van der Waals surface area contributed by atoms with Gasteiger partial charge < -0.3 is 5.32 Å². The highest BCUT2D eigenvalue weighted by molar-refractivity contribution is 7.80. The molecular weight excluding hydrogens is 421 g/mol. The Morgan fingerprint density at radius 2 is 1.87 bits per heavy atom. The van der Waals surface area contributed by atoms with Crippen molar-refractivity contribution in [2.45, 2.75) is 13.0 Å². The molecule has 30 heavy (non-hydrogen) atoms. The number of imidazole rings is 1. The third kappa shape index (κ3) is 4.81. The first-order valence-corrected chi connectivity index (χ1v) is 10.5. The van der Waals surface area contributed by atoms with Crippen LogP contribution < -0.4 is 16.2 Å². The summed E-state index contributed by atoms with van der Waals surface area (Å²) in [6.45, 7) is 0.564. The number of amides is 1. The van der Waals surface area contributed by atoms with Crippen molar-refractivity contribution in [3.05, 3.63) is 83.2 Å². The summed E-state index contributed by atoms with van der Waals surface area (Å²) in [5.41, 5.74) is 8.76. The van der Waals surface area contributed by atoms with Crippen LogP contribution in [0.25, 0.3) is 16.2 Å². The zero-order valence-electron chi connectivity index (χ0n) is 15.8. The second-order valence-corrected chi connectivity index (χ2v) is 7.78. The van der Waals surface area contributed by atoms with Crippen molar-refractivity contribution in [1.82, 2.24) is 25.6 Å².